The number of alkyl halides is 2. The Labute approximate surface area is 165 Å². The molecule has 1 aromatic rings. The van der Waals surface area contributed by atoms with Gasteiger partial charge >= 0.3 is 11.9 Å². The summed E-state index contributed by atoms with van der Waals surface area (Å²) < 4.78 is 13.9. The van der Waals surface area contributed by atoms with Gasteiger partial charge in [0.05, 0.1) is 16.9 Å². The molecule has 0 aliphatic carbocycles. The Bertz CT molecular complexity index is 706. The predicted octanol–water partition coefficient (Wildman–Crippen LogP) is 3.70. The van der Waals surface area contributed by atoms with Gasteiger partial charge in [-0.1, -0.05) is 52.7 Å². The maximum absolute atomic E-state index is 13.9. The molecule has 3 N–H and O–H groups in total. The number of carboxylic acid groups (broad SMARTS) is 2. The third-order valence-corrected chi connectivity index (χ3v) is 6.82. The van der Waals surface area contributed by atoms with Crippen LogP contribution >= 0.6 is 27.5 Å². The first-order chi connectivity index (χ1) is 12.2. The first-order valence-electron chi connectivity index (χ1n) is 8.30. The van der Waals surface area contributed by atoms with Crippen LogP contribution in [0.4, 0.5) is 4.39 Å². The van der Waals surface area contributed by atoms with E-state index < -0.39 is 47.4 Å². The summed E-state index contributed by atoms with van der Waals surface area (Å²) in [6.45, 7) is 2.17. The summed E-state index contributed by atoms with van der Waals surface area (Å²) in [7, 11) is 0. The van der Waals surface area contributed by atoms with E-state index in [1.54, 1.807) is 31.2 Å². The second kappa shape index (κ2) is 7.82. The quantitative estimate of drug-likeness (QED) is 0.575. The molecule has 0 saturated carbocycles. The summed E-state index contributed by atoms with van der Waals surface area (Å²) in [5.74, 6) is -3.41. The van der Waals surface area contributed by atoms with Crippen molar-refractivity contribution in [3.8, 4) is 0 Å². The fourth-order valence-electron chi connectivity index (χ4n) is 4.35. The van der Waals surface area contributed by atoms with Crippen LogP contribution in [0.3, 0.4) is 0 Å². The lowest BCUT2D eigenvalue weighted by Gasteiger charge is -2.56. The standard InChI is InChI=1S/C18H22BrClFNO4/c1-3-18(16(25)26)12(8-19)22-13(9-21)17(2,15(23)24)14(18)10-6-4-5-7-11(10)20/h4-7,12-14,22H,3,8-9H2,1-2H3,(H,23,24)(H,25,26). The molecule has 1 aliphatic rings. The second-order valence-electron chi connectivity index (χ2n) is 6.82. The van der Waals surface area contributed by atoms with E-state index in [1.165, 1.54) is 6.92 Å². The summed E-state index contributed by atoms with van der Waals surface area (Å²) in [4.78, 5) is 24.8. The number of nitrogens with one attached hydrogen (secondary N) is 1. The van der Waals surface area contributed by atoms with Crippen LogP contribution in [-0.2, 0) is 9.59 Å². The largest absolute Gasteiger partial charge is 0.481 e. The van der Waals surface area contributed by atoms with Gasteiger partial charge in [-0.2, -0.15) is 0 Å². The van der Waals surface area contributed by atoms with Crippen LogP contribution in [0.5, 0.6) is 0 Å². The summed E-state index contributed by atoms with van der Waals surface area (Å²) in [6.07, 6.45) is 0.156. The fourth-order valence-corrected chi connectivity index (χ4v) is 5.36. The van der Waals surface area contributed by atoms with Crippen LogP contribution in [0.1, 0.15) is 31.7 Å². The molecular formula is C18H22BrClFNO4. The van der Waals surface area contributed by atoms with Gasteiger partial charge in [0.25, 0.3) is 0 Å². The highest BCUT2D eigenvalue weighted by Crippen LogP contribution is 2.58. The van der Waals surface area contributed by atoms with Crippen molar-refractivity contribution in [3.63, 3.8) is 0 Å². The van der Waals surface area contributed by atoms with Crippen LogP contribution < -0.4 is 5.32 Å². The average Bonchev–Trinajstić information content (AvgIpc) is 2.61. The Hall–Kier alpha value is -1.18. The zero-order valence-electron chi connectivity index (χ0n) is 14.5. The summed E-state index contributed by atoms with van der Waals surface area (Å²) in [5.41, 5.74) is -2.77. The van der Waals surface area contributed by atoms with E-state index in [1.807, 2.05) is 0 Å². The van der Waals surface area contributed by atoms with Gasteiger partial charge in [-0.15, -0.1) is 0 Å². The van der Waals surface area contributed by atoms with Gasteiger partial charge in [-0.3, -0.25) is 9.59 Å². The summed E-state index contributed by atoms with van der Waals surface area (Å²) >= 11 is 9.67. The minimum atomic E-state index is -1.70. The highest BCUT2D eigenvalue weighted by atomic mass is 79.9. The Morgan fingerprint density at radius 2 is 1.88 bits per heavy atom. The molecule has 5 unspecified atom stereocenters. The van der Waals surface area contributed by atoms with Crippen LogP contribution in [0.15, 0.2) is 24.3 Å². The van der Waals surface area contributed by atoms with E-state index in [4.69, 9.17) is 11.6 Å². The zero-order chi connectivity index (χ0) is 19.7. The molecule has 5 atom stereocenters. The van der Waals surface area contributed by atoms with E-state index >= 15 is 0 Å². The van der Waals surface area contributed by atoms with E-state index in [0.717, 1.165) is 0 Å². The van der Waals surface area contributed by atoms with Crippen molar-refractivity contribution < 1.29 is 24.2 Å². The van der Waals surface area contributed by atoms with Crippen molar-refractivity contribution in [2.24, 2.45) is 10.8 Å². The predicted molar refractivity (Wildman–Crippen MR) is 101 cm³/mol. The highest BCUT2D eigenvalue weighted by Gasteiger charge is 2.66. The molecule has 0 aromatic heterocycles. The first kappa shape index (κ1) is 21.1. The molecule has 1 fully saturated rings. The number of rotatable bonds is 6. The van der Waals surface area contributed by atoms with E-state index in [9.17, 15) is 24.2 Å². The molecule has 2 rings (SSSR count). The Morgan fingerprint density at radius 3 is 2.31 bits per heavy atom. The summed E-state index contributed by atoms with van der Waals surface area (Å²) in [5, 5.41) is 23.7. The van der Waals surface area contributed by atoms with Crippen molar-refractivity contribution in [3.05, 3.63) is 34.9 Å². The lowest BCUT2D eigenvalue weighted by atomic mass is 9.51. The molecule has 8 heteroatoms. The topological polar surface area (TPSA) is 86.6 Å². The number of piperidine rings is 1. The first-order valence-corrected chi connectivity index (χ1v) is 9.80. The van der Waals surface area contributed by atoms with Gasteiger partial charge in [-0.25, -0.2) is 4.39 Å². The lowest BCUT2D eigenvalue weighted by molar-refractivity contribution is -0.172. The SMILES string of the molecule is CCC1(C(=O)O)C(CBr)NC(CF)C(C)(C(=O)O)C1c1ccccc1Cl. The number of benzene rings is 1. The van der Waals surface area contributed by atoms with Gasteiger partial charge in [0.15, 0.2) is 0 Å². The third-order valence-electron chi connectivity index (χ3n) is 5.83. The average molecular weight is 451 g/mol. The zero-order valence-corrected chi connectivity index (χ0v) is 16.8. The molecule has 144 valence electrons. The van der Waals surface area contributed by atoms with E-state index in [2.05, 4.69) is 21.2 Å². The normalized spacial score (nSPS) is 34.4. The smallest absolute Gasteiger partial charge is 0.311 e. The Kier molecular flexibility index (Phi) is 6.36. The maximum Gasteiger partial charge on any atom is 0.311 e. The molecular weight excluding hydrogens is 429 g/mol. The van der Waals surface area contributed by atoms with Gasteiger partial charge < -0.3 is 15.5 Å². The lowest BCUT2D eigenvalue weighted by Crippen LogP contribution is -2.71. The van der Waals surface area contributed by atoms with Crippen LogP contribution in [0.2, 0.25) is 5.02 Å². The number of carboxylic acids is 2. The van der Waals surface area contributed by atoms with Crippen LogP contribution in [0.25, 0.3) is 0 Å². The Morgan fingerprint density at radius 1 is 1.27 bits per heavy atom. The summed E-state index contributed by atoms with van der Waals surface area (Å²) in [6, 6.07) is 4.88. The number of halogens is 3. The van der Waals surface area contributed by atoms with Crippen molar-refractivity contribution in [2.75, 3.05) is 12.0 Å². The third kappa shape index (κ3) is 2.94. The van der Waals surface area contributed by atoms with E-state index in [-0.39, 0.29) is 16.8 Å². The molecule has 1 saturated heterocycles. The number of carbonyl (C=O) groups is 2. The molecule has 1 aliphatic heterocycles. The monoisotopic (exact) mass is 449 g/mol. The molecule has 5 nitrogen and oxygen atoms in total. The molecule has 0 spiro atoms. The van der Waals surface area contributed by atoms with Gasteiger partial charge in [-0.05, 0) is 25.0 Å². The fraction of sp³-hybridized carbons (Fsp3) is 0.556. The molecule has 26 heavy (non-hydrogen) atoms. The molecule has 1 aromatic carbocycles. The molecule has 1 heterocycles. The molecule has 0 radical (unpaired) electrons. The minimum absolute atomic E-state index is 0.156. The number of hydrogen-bond acceptors (Lipinski definition) is 3. The van der Waals surface area contributed by atoms with E-state index in [0.29, 0.717) is 5.56 Å². The van der Waals surface area contributed by atoms with Gasteiger partial charge in [0, 0.05) is 22.3 Å². The maximum atomic E-state index is 13.9. The van der Waals surface area contributed by atoms with Crippen LogP contribution in [0, 0.1) is 10.8 Å². The van der Waals surface area contributed by atoms with Crippen molar-refractivity contribution in [1.82, 2.24) is 5.32 Å². The van der Waals surface area contributed by atoms with Crippen molar-refractivity contribution in [2.45, 2.75) is 38.3 Å². The second-order valence-corrected chi connectivity index (χ2v) is 7.88. The Balaban J connectivity index is 2.89. The van der Waals surface area contributed by atoms with Crippen molar-refractivity contribution >= 4 is 39.5 Å². The highest BCUT2D eigenvalue weighted by molar-refractivity contribution is 9.09. The molecule has 0 bridgehead atoms. The van der Waals surface area contributed by atoms with Crippen molar-refractivity contribution in [1.29, 1.82) is 0 Å². The minimum Gasteiger partial charge on any atom is -0.481 e. The van der Waals surface area contributed by atoms with Gasteiger partial charge in [0.1, 0.15) is 6.67 Å². The van der Waals surface area contributed by atoms with Crippen LogP contribution in [-0.4, -0.2) is 46.2 Å². The molecule has 0 amide bonds. The number of hydrogen-bond donors (Lipinski definition) is 3. The van der Waals surface area contributed by atoms with Gasteiger partial charge in [0.2, 0.25) is 0 Å². The number of aliphatic carboxylic acids is 2.